The van der Waals surface area contributed by atoms with Gasteiger partial charge in [-0.2, -0.15) is 5.10 Å². The van der Waals surface area contributed by atoms with Gasteiger partial charge in [0.2, 0.25) is 5.91 Å². The highest BCUT2D eigenvalue weighted by molar-refractivity contribution is 8.15. The van der Waals surface area contributed by atoms with Crippen LogP contribution in [0.5, 0.6) is 5.75 Å². The number of benzene rings is 1. The van der Waals surface area contributed by atoms with Crippen molar-refractivity contribution < 1.29 is 13.9 Å². The number of hydrogen-bond acceptors (Lipinski definition) is 6. The van der Waals surface area contributed by atoms with Gasteiger partial charge in [-0.15, -0.1) is 5.10 Å². The first-order valence-corrected chi connectivity index (χ1v) is 8.84. The molecule has 1 atom stereocenters. The van der Waals surface area contributed by atoms with Gasteiger partial charge in [-0.3, -0.25) is 9.69 Å². The number of ether oxygens (including phenoxy) is 1. The van der Waals surface area contributed by atoms with Gasteiger partial charge in [0.1, 0.15) is 11.5 Å². The number of hydrogen-bond donors (Lipinski definition) is 0. The van der Waals surface area contributed by atoms with Gasteiger partial charge >= 0.3 is 0 Å². The van der Waals surface area contributed by atoms with E-state index in [0.717, 1.165) is 17.7 Å². The van der Waals surface area contributed by atoms with E-state index in [0.29, 0.717) is 17.5 Å². The Morgan fingerprint density at radius 1 is 1.32 bits per heavy atom. The van der Waals surface area contributed by atoms with Crippen LogP contribution < -0.4 is 4.74 Å². The Morgan fingerprint density at radius 3 is 2.76 bits per heavy atom. The summed E-state index contributed by atoms with van der Waals surface area (Å²) < 4.78 is 10.4. The van der Waals surface area contributed by atoms with Crippen LogP contribution in [0.25, 0.3) is 0 Å². The Kier molecular flexibility index (Phi) is 5.55. The van der Waals surface area contributed by atoms with Crippen molar-refractivity contribution in [2.45, 2.75) is 25.1 Å². The van der Waals surface area contributed by atoms with Crippen LogP contribution in [0, 0.1) is 0 Å². The molecule has 0 saturated carbocycles. The van der Waals surface area contributed by atoms with E-state index in [4.69, 9.17) is 9.15 Å². The quantitative estimate of drug-likeness (QED) is 0.586. The maximum atomic E-state index is 12.6. The molecule has 1 saturated heterocycles. The topological polar surface area (TPSA) is 67.4 Å². The molecule has 3 rings (SSSR count). The number of furan rings is 1. The number of rotatable bonds is 6. The fraction of sp³-hybridized carbons (Fsp3) is 0.278. The van der Waals surface area contributed by atoms with E-state index in [1.54, 1.807) is 30.4 Å². The summed E-state index contributed by atoms with van der Waals surface area (Å²) in [6, 6.07) is 11.2. The third-order valence-electron chi connectivity index (χ3n) is 3.76. The van der Waals surface area contributed by atoms with E-state index in [1.807, 2.05) is 31.2 Å². The molecule has 0 spiro atoms. The molecule has 1 fully saturated rings. The van der Waals surface area contributed by atoms with Gasteiger partial charge in [0.05, 0.1) is 31.4 Å². The third-order valence-corrected chi connectivity index (χ3v) is 5.09. The summed E-state index contributed by atoms with van der Waals surface area (Å²) >= 11 is 1.45. The van der Waals surface area contributed by atoms with Crippen molar-refractivity contribution in [1.29, 1.82) is 0 Å². The number of carbonyl (C=O) groups excluding carboxylic acids is 1. The van der Waals surface area contributed by atoms with Crippen LogP contribution in [0.3, 0.4) is 0 Å². The molecule has 1 aromatic heterocycles. The number of methoxy groups -OCH3 is 1. The Balaban J connectivity index is 1.78. The van der Waals surface area contributed by atoms with Crippen LogP contribution in [-0.2, 0) is 11.3 Å². The third kappa shape index (κ3) is 4.11. The van der Waals surface area contributed by atoms with Crippen LogP contribution in [0.15, 0.2) is 57.3 Å². The second kappa shape index (κ2) is 8.02. The summed E-state index contributed by atoms with van der Waals surface area (Å²) in [7, 11) is 1.63. The van der Waals surface area contributed by atoms with Crippen molar-refractivity contribution >= 4 is 29.1 Å². The van der Waals surface area contributed by atoms with Gasteiger partial charge in [-0.05, 0) is 36.2 Å². The van der Waals surface area contributed by atoms with Gasteiger partial charge in [0.15, 0.2) is 5.17 Å². The molecule has 7 heteroatoms. The molecule has 1 amide bonds. The maximum absolute atomic E-state index is 12.6. The molecular weight excluding hydrogens is 338 g/mol. The molecule has 2 aromatic rings. The van der Waals surface area contributed by atoms with E-state index >= 15 is 0 Å². The van der Waals surface area contributed by atoms with E-state index in [1.165, 1.54) is 18.0 Å². The molecule has 0 N–H and O–H groups in total. The Labute approximate surface area is 150 Å². The smallest absolute Gasteiger partial charge is 0.242 e. The van der Waals surface area contributed by atoms with E-state index < -0.39 is 0 Å². The van der Waals surface area contributed by atoms with Gasteiger partial charge in [0, 0.05) is 0 Å². The largest absolute Gasteiger partial charge is 0.497 e. The van der Waals surface area contributed by atoms with Crippen LogP contribution >= 0.6 is 11.8 Å². The van der Waals surface area contributed by atoms with Crippen molar-refractivity contribution in [2.75, 3.05) is 7.11 Å². The predicted octanol–water partition coefficient (Wildman–Crippen LogP) is 3.53. The van der Waals surface area contributed by atoms with Crippen molar-refractivity contribution in [1.82, 2.24) is 4.90 Å². The summed E-state index contributed by atoms with van der Waals surface area (Å²) in [5.74, 6) is 1.47. The van der Waals surface area contributed by atoms with Crippen molar-refractivity contribution in [3.05, 3.63) is 54.0 Å². The molecule has 1 unspecified atom stereocenters. The summed E-state index contributed by atoms with van der Waals surface area (Å²) in [6.45, 7) is 2.46. The highest BCUT2D eigenvalue weighted by atomic mass is 32.2. The highest BCUT2D eigenvalue weighted by Crippen LogP contribution is 2.31. The van der Waals surface area contributed by atoms with Gasteiger partial charge < -0.3 is 9.15 Å². The van der Waals surface area contributed by atoms with Crippen LogP contribution in [0.1, 0.15) is 24.7 Å². The maximum Gasteiger partial charge on any atom is 0.242 e. The standard InChI is InChI=1S/C18H19N3O3S/c1-3-16-17(22)21(12-13-6-8-14(23-2)9-7-13)18(25-16)20-19-11-15-5-4-10-24-15/h4-11,16H,3,12H2,1-2H3/b19-11+,20-18-. The minimum absolute atomic E-state index is 0.0651. The van der Waals surface area contributed by atoms with Crippen molar-refractivity contribution in [3.8, 4) is 5.75 Å². The van der Waals surface area contributed by atoms with Crippen LogP contribution in [-0.4, -0.2) is 34.5 Å². The zero-order chi connectivity index (χ0) is 17.6. The Morgan fingerprint density at radius 2 is 2.12 bits per heavy atom. The molecule has 0 radical (unpaired) electrons. The highest BCUT2D eigenvalue weighted by Gasteiger charge is 2.36. The second-order valence-corrected chi connectivity index (χ2v) is 6.60. The molecule has 1 aliphatic rings. The SMILES string of the molecule is CCC1S/C(=N\N=C\c2ccco2)N(Cc2ccc(OC)cc2)C1=O. The molecule has 6 nitrogen and oxygen atoms in total. The summed E-state index contributed by atoms with van der Waals surface area (Å²) in [6.07, 6.45) is 3.86. The summed E-state index contributed by atoms with van der Waals surface area (Å²) in [5, 5.41) is 8.77. The Hall–Kier alpha value is -2.54. The molecule has 25 heavy (non-hydrogen) atoms. The van der Waals surface area contributed by atoms with Gasteiger partial charge in [0.25, 0.3) is 0 Å². The van der Waals surface area contributed by atoms with Crippen LogP contribution in [0.2, 0.25) is 0 Å². The zero-order valence-corrected chi connectivity index (χ0v) is 14.9. The molecule has 2 heterocycles. The molecule has 1 aliphatic heterocycles. The monoisotopic (exact) mass is 357 g/mol. The molecular formula is C18H19N3O3S. The lowest BCUT2D eigenvalue weighted by molar-refractivity contribution is -0.126. The lowest BCUT2D eigenvalue weighted by Gasteiger charge is -2.16. The number of carbonyl (C=O) groups is 1. The fourth-order valence-electron chi connectivity index (χ4n) is 2.40. The Bertz CT molecular complexity index is 769. The first-order valence-electron chi connectivity index (χ1n) is 7.96. The fourth-order valence-corrected chi connectivity index (χ4v) is 3.43. The first kappa shape index (κ1) is 17.3. The molecule has 130 valence electrons. The lowest BCUT2D eigenvalue weighted by atomic mass is 10.2. The van der Waals surface area contributed by atoms with E-state index in [2.05, 4.69) is 10.2 Å². The van der Waals surface area contributed by atoms with E-state index in [-0.39, 0.29) is 11.2 Å². The minimum atomic E-state index is -0.115. The average molecular weight is 357 g/mol. The minimum Gasteiger partial charge on any atom is -0.497 e. The second-order valence-electron chi connectivity index (χ2n) is 5.43. The van der Waals surface area contributed by atoms with Gasteiger partial charge in [-0.25, -0.2) is 0 Å². The number of thioether (sulfide) groups is 1. The molecule has 1 aromatic carbocycles. The normalized spacial score (nSPS) is 19.3. The van der Waals surface area contributed by atoms with Gasteiger partial charge in [-0.1, -0.05) is 30.8 Å². The first-order chi connectivity index (χ1) is 12.2. The van der Waals surface area contributed by atoms with Crippen molar-refractivity contribution in [3.63, 3.8) is 0 Å². The number of nitrogens with zero attached hydrogens (tertiary/aromatic N) is 3. The van der Waals surface area contributed by atoms with E-state index in [9.17, 15) is 4.79 Å². The zero-order valence-electron chi connectivity index (χ0n) is 14.1. The summed E-state index contributed by atoms with van der Waals surface area (Å²) in [4.78, 5) is 14.3. The van der Waals surface area contributed by atoms with Crippen LogP contribution in [0.4, 0.5) is 0 Å². The molecule has 0 aliphatic carbocycles. The predicted molar refractivity (Wildman–Crippen MR) is 99.0 cm³/mol. The lowest BCUT2D eigenvalue weighted by Crippen LogP contribution is -2.31. The van der Waals surface area contributed by atoms with Crippen molar-refractivity contribution in [2.24, 2.45) is 10.2 Å². The molecule has 0 bridgehead atoms. The summed E-state index contributed by atoms with van der Waals surface area (Å²) in [5.41, 5.74) is 1.01. The number of amidine groups is 1. The number of amides is 1. The average Bonchev–Trinajstić information content (AvgIpc) is 3.25.